The van der Waals surface area contributed by atoms with Gasteiger partial charge in [0.15, 0.2) is 0 Å². The van der Waals surface area contributed by atoms with E-state index >= 15 is 0 Å². The van der Waals surface area contributed by atoms with Gasteiger partial charge < -0.3 is 10.1 Å². The van der Waals surface area contributed by atoms with Crippen LogP contribution < -0.4 is 10.1 Å². The Balaban J connectivity index is 1.43. The molecule has 5 rings (SSSR count). The van der Waals surface area contributed by atoms with E-state index in [1.807, 2.05) is 39.0 Å². The van der Waals surface area contributed by atoms with E-state index in [-0.39, 0.29) is 28.9 Å². The largest absolute Gasteiger partial charge is 0.497 e. The first-order valence-electron chi connectivity index (χ1n) is 11.1. The van der Waals surface area contributed by atoms with Gasteiger partial charge in [-0.2, -0.15) is 9.78 Å². The standard InChI is InChI=1S/C25H23N5O4S/c1-13(2)12-29-23(32)17-7-5-15(10-18(17)24(29)33)22(31)27-21-9-14(3)28-30(21)25-26-19-8-6-16(34-4)11-20(19)35-25/h5-11,13H,12H2,1-4H3,(H,27,31). The lowest BCUT2D eigenvalue weighted by Crippen LogP contribution is -2.33. The molecule has 0 bridgehead atoms. The number of methoxy groups -OCH3 is 1. The van der Waals surface area contributed by atoms with Gasteiger partial charge in [0, 0.05) is 18.2 Å². The minimum Gasteiger partial charge on any atom is -0.497 e. The van der Waals surface area contributed by atoms with Crippen LogP contribution in [0.25, 0.3) is 15.3 Å². The Bertz CT molecular complexity index is 1500. The summed E-state index contributed by atoms with van der Waals surface area (Å²) in [5, 5.41) is 7.96. The molecule has 2 aromatic heterocycles. The van der Waals surface area contributed by atoms with Gasteiger partial charge in [0.2, 0.25) is 5.13 Å². The van der Waals surface area contributed by atoms with E-state index in [0.29, 0.717) is 28.8 Å². The number of hydrogen-bond donors (Lipinski definition) is 1. The number of nitrogens with zero attached hydrogens (tertiary/aromatic N) is 4. The number of hydrogen-bond acceptors (Lipinski definition) is 7. The van der Waals surface area contributed by atoms with Crippen LogP contribution >= 0.6 is 11.3 Å². The molecule has 0 fully saturated rings. The van der Waals surface area contributed by atoms with E-state index in [1.54, 1.807) is 23.9 Å². The quantitative estimate of drug-likeness (QED) is 0.405. The summed E-state index contributed by atoms with van der Waals surface area (Å²) < 4.78 is 7.80. The van der Waals surface area contributed by atoms with Crippen molar-refractivity contribution in [3.63, 3.8) is 0 Å². The molecule has 35 heavy (non-hydrogen) atoms. The Labute approximate surface area is 205 Å². The highest BCUT2D eigenvalue weighted by molar-refractivity contribution is 7.20. The fraction of sp³-hybridized carbons (Fsp3) is 0.240. The molecule has 0 saturated heterocycles. The summed E-state index contributed by atoms with van der Waals surface area (Å²) in [5.41, 5.74) is 2.34. The fourth-order valence-electron chi connectivity index (χ4n) is 4.00. The number of nitrogens with one attached hydrogen (secondary N) is 1. The number of carbonyl (C=O) groups is 3. The van der Waals surface area contributed by atoms with Crippen LogP contribution in [0.4, 0.5) is 5.82 Å². The number of thiazole rings is 1. The van der Waals surface area contributed by atoms with E-state index < -0.39 is 5.91 Å². The molecular weight excluding hydrogens is 466 g/mol. The first-order valence-corrected chi connectivity index (χ1v) is 11.9. The van der Waals surface area contributed by atoms with Gasteiger partial charge in [-0.1, -0.05) is 25.2 Å². The smallest absolute Gasteiger partial charge is 0.261 e. The SMILES string of the molecule is COc1ccc2nc(-n3nc(C)cc3NC(=O)c3ccc4c(c3)C(=O)N(CC(C)C)C4=O)sc2c1. The second-order valence-corrected chi connectivity index (χ2v) is 9.75. The lowest BCUT2D eigenvalue weighted by Gasteiger charge is -2.15. The number of anilines is 1. The van der Waals surface area contributed by atoms with Gasteiger partial charge in [0.25, 0.3) is 17.7 Å². The molecule has 2 aromatic carbocycles. The average Bonchev–Trinajstić information content (AvgIpc) is 3.48. The highest BCUT2D eigenvalue weighted by atomic mass is 32.1. The maximum Gasteiger partial charge on any atom is 0.261 e. The van der Waals surface area contributed by atoms with Crippen molar-refractivity contribution in [3.05, 3.63) is 64.8 Å². The van der Waals surface area contributed by atoms with Gasteiger partial charge in [-0.3, -0.25) is 19.3 Å². The average molecular weight is 490 g/mol. The molecule has 10 heteroatoms. The van der Waals surface area contributed by atoms with Crippen molar-refractivity contribution in [1.82, 2.24) is 19.7 Å². The fourth-order valence-corrected chi connectivity index (χ4v) is 4.96. The number of amides is 3. The predicted molar refractivity (Wildman–Crippen MR) is 133 cm³/mol. The highest BCUT2D eigenvalue weighted by Crippen LogP contribution is 2.30. The zero-order valence-electron chi connectivity index (χ0n) is 19.7. The zero-order valence-corrected chi connectivity index (χ0v) is 20.5. The van der Waals surface area contributed by atoms with Crippen LogP contribution in [-0.2, 0) is 0 Å². The molecule has 4 aromatic rings. The lowest BCUT2D eigenvalue weighted by atomic mass is 10.1. The van der Waals surface area contributed by atoms with E-state index in [4.69, 9.17) is 4.74 Å². The van der Waals surface area contributed by atoms with Crippen molar-refractivity contribution in [2.75, 3.05) is 19.0 Å². The summed E-state index contributed by atoms with van der Waals surface area (Å²) in [5.74, 6) is 0.203. The van der Waals surface area contributed by atoms with Crippen LogP contribution in [0, 0.1) is 12.8 Å². The normalized spacial score (nSPS) is 13.1. The second kappa shape index (κ2) is 8.62. The third-order valence-corrected chi connectivity index (χ3v) is 6.61. The highest BCUT2D eigenvalue weighted by Gasteiger charge is 2.36. The van der Waals surface area contributed by atoms with E-state index in [2.05, 4.69) is 15.4 Å². The summed E-state index contributed by atoms with van der Waals surface area (Å²) >= 11 is 1.42. The Morgan fingerprint density at radius 2 is 1.86 bits per heavy atom. The third kappa shape index (κ3) is 4.06. The number of rotatable bonds is 6. The minimum atomic E-state index is -0.417. The molecule has 0 saturated carbocycles. The molecule has 1 aliphatic heterocycles. The monoisotopic (exact) mass is 489 g/mol. The van der Waals surface area contributed by atoms with Crippen LogP contribution in [0.15, 0.2) is 42.5 Å². The van der Waals surface area contributed by atoms with Crippen molar-refractivity contribution in [1.29, 1.82) is 0 Å². The number of aromatic nitrogens is 3. The van der Waals surface area contributed by atoms with Gasteiger partial charge in [-0.15, -0.1) is 0 Å². The van der Waals surface area contributed by atoms with Crippen LogP contribution in [0.1, 0.15) is 50.6 Å². The van der Waals surface area contributed by atoms with Gasteiger partial charge in [0.1, 0.15) is 11.6 Å². The third-order valence-electron chi connectivity index (χ3n) is 5.62. The molecule has 0 spiro atoms. The van der Waals surface area contributed by atoms with Gasteiger partial charge >= 0.3 is 0 Å². The molecule has 3 heterocycles. The Morgan fingerprint density at radius 1 is 1.09 bits per heavy atom. The van der Waals surface area contributed by atoms with Crippen LogP contribution in [0.3, 0.4) is 0 Å². The number of fused-ring (bicyclic) bond motifs is 2. The maximum absolute atomic E-state index is 13.1. The van der Waals surface area contributed by atoms with E-state index in [9.17, 15) is 14.4 Å². The van der Waals surface area contributed by atoms with Crippen molar-refractivity contribution in [2.45, 2.75) is 20.8 Å². The van der Waals surface area contributed by atoms with E-state index in [1.165, 1.54) is 28.4 Å². The van der Waals surface area contributed by atoms with Crippen molar-refractivity contribution < 1.29 is 19.1 Å². The van der Waals surface area contributed by atoms with E-state index in [0.717, 1.165) is 16.0 Å². The van der Waals surface area contributed by atoms with Crippen LogP contribution in [-0.4, -0.2) is 51.0 Å². The van der Waals surface area contributed by atoms with Gasteiger partial charge in [-0.05, 0) is 49.2 Å². The number of aryl methyl sites for hydroxylation is 1. The summed E-state index contributed by atoms with van der Waals surface area (Å²) in [4.78, 5) is 44.4. The van der Waals surface area contributed by atoms with Gasteiger partial charge in [0.05, 0.1) is 34.1 Å². The lowest BCUT2D eigenvalue weighted by molar-refractivity contribution is 0.0636. The first-order chi connectivity index (χ1) is 16.7. The van der Waals surface area contributed by atoms with Crippen molar-refractivity contribution >= 4 is 45.1 Å². The van der Waals surface area contributed by atoms with Crippen LogP contribution in [0.5, 0.6) is 5.75 Å². The maximum atomic E-state index is 13.1. The first kappa shape index (κ1) is 22.7. The molecule has 0 aliphatic carbocycles. The van der Waals surface area contributed by atoms with Crippen molar-refractivity contribution in [3.8, 4) is 10.9 Å². The molecule has 1 aliphatic rings. The minimum absolute atomic E-state index is 0.145. The zero-order chi connectivity index (χ0) is 24.9. The summed E-state index contributed by atoms with van der Waals surface area (Å²) in [6.07, 6.45) is 0. The summed E-state index contributed by atoms with van der Waals surface area (Å²) in [6, 6.07) is 11.9. The topological polar surface area (TPSA) is 106 Å². The molecular formula is C25H23N5O4S. The Hall–Kier alpha value is -4.05. The molecule has 0 unspecified atom stereocenters. The number of imide groups is 1. The van der Waals surface area contributed by atoms with Gasteiger partial charge in [-0.25, -0.2) is 4.98 Å². The Morgan fingerprint density at radius 3 is 2.60 bits per heavy atom. The van der Waals surface area contributed by atoms with Crippen molar-refractivity contribution in [2.24, 2.45) is 5.92 Å². The summed E-state index contributed by atoms with van der Waals surface area (Å²) in [7, 11) is 1.61. The molecule has 178 valence electrons. The molecule has 9 nitrogen and oxygen atoms in total. The van der Waals surface area contributed by atoms with Crippen LogP contribution in [0.2, 0.25) is 0 Å². The molecule has 0 radical (unpaired) electrons. The molecule has 3 amide bonds. The number of carbonyl (C=O) groups excluding carboxylic acids is 3. The molecule has 1 N–H and O–H groups in total. The second-order valence-electron chi connectivity index (χ2n) is 8.74. The number of benzene rings is 2. The number of ether oxygens (including phenoxy) is 1. The predicted octanol–water partition coefficient (Wildman–Crippen LogP) is 4.30. The summed E-state index contributed by atoms with van der Waals surface area (Å²) in [6.45, 7) is 6.04. The molecule has 0 atom stereocenters. The Kier molecular flexibility index (Phi) is 5.60.